The zero-order chi connectivity index (χ0) is 9.52. The SMILES string of the molecule is C[C@@H](O)CNOCc1ccccc1. The quantitative estimate of drug-likeness (QED) is 0.527. The summed E-state index contributed by atoms with van der Waals surface area (Å²) >= 11 is 0. The van der Waals surface area contributed by atoms with Gasteiger partial charge in [0.05, 0.1) is 12.7 Å². The van der Waals surface area contributed by atoms with Crippen molar-refractivity contribution in [2.24, 2.45) is 0 Å². The van der Waals surface area contributed by atoms with Crippen molar-refractivity contribution >= 4 is 0 Å². The summed E-state index contributed by atoms with van der Waals surface area (Å²) in [6.45, 7) is 2.68. The molecule has 3 nitrogen and oxygen atoms in total. The molecule has 0 spiro atoms. The lowest BCUT2D eigenvalue weighted by Gasteiger charge is -2.07. The Morgan fingerprint density at radius 1 is 1.38 bits per heavy atom. The van der Waals surface area contributed by atoms with Gasteiger partial charge in [-0.2, -0.15) is 5.48 Å². The van der Waals surface area contributed by atoms with Gasteiger partial charge in [-0.05, 0) is 12.5 Å². The Hall–Kier alpha value is -0.900. The fourth-order valence-electron chi connectivity index (χ4n) is 0.888. The maximum absolute atomic E-state index is 8.91. The molecule has 0 aliphatic heterocycles. The van der Waals surface area contributed by atoms with Crippen LogP contribution < -0.4 is 5.48 Å². The van der Waals surface area contributed by atoms with Crippen molar-refractivity contribution in [3.8, 4) is 0 Å². The highest BCUT2D eigenvalue weighted by atomic mass is 16.6. The maximum Gasteiger partial charge on any atom is 0.0933 e. The van der Waals surface area contributed by atoms with Crippen molar-refractivity contribution in [2.45, 2.75) is 19.6 Å². The van der Waals surface area contributed by atoms with E-state index in [1.165, 1.54) is 0 Å². The minimum absolute atomic E-state index is 0.379. The van der Waals surface area contributed by atoms with Gasteiger partial charge in [0.25, 0.3) is 0 Å². The van der Waals surface area contributed by atoms with Crippen LogP contribution in [0.25, 0.3) is 0 Å². The molecule has 0 bridgehead atoms. The summed E-state index contributed by atoms with van der Waals surface area (Å²) in [5.74, 6) is 0. The van der Waals surface area contributed by atoms with Crippen molar-refractivity contribution in [1.29, 1.82) is 0 Å². The van der Waals surface area contributed by atoms with Crippen LogP contribution in [0.4, 0.5) is 0 Å². The molecule has 3 heteroatoms. The molecular formula is C10H15NO2. The number of nitrogens with one attached hydrogen (secondary N) is 1. The molecule has 0 unspecified atom stereocenters. The number of benzene rings is 1. The summed E-state index contributed by atoms with van der Waals surface area (Å²) in [6.07, 6.45) is -0.379. The topological polar surface area (TPSA) is 41.5 Å². The van der Waals surface area contributed by atoms with Crippen molar-refractivity contribution < 1.29 is 9.94 Å². The number of aliphatic hydroxyl groups excluding tert-OH is 1. The van der Waals surface area contributed by atoms with E-state index >= 15 is 0 Å². The molecule has 2 N–H and O–H groups in total. The molecule has 1 rings (SSSR count). The highest BCUT2D eigenvalue weighted by molar-refractivity contribution is 5.13. The van der Waals surface area contributed by atoms with E-state index in [-0.39, 0.29) is 6.10 Å². The molecule has 0 saturated carbocycles. The lowest BCUT2D eigenvalue weighted by molar-refractivity contribution is 0.00645. The first-order valence-electron chi connectivity index (χ1n) is 4.35. The van der Waals surface area contributed by atoms with Gasteiger partial charge in [-0.15, -0.1) is 0 Å². The molecule has 0 fully saturated rings. The van der Waals surface area contributed by atoms with E-state index in [1.807, 2.05) is 30.3 Å². The van der Waals surface area contributed by atoms with Gasteiger partial charge in [0.15, 0.2) is 0 Å². The van der Waals surface area contributed by atoms with E-state index < -0.39 is 0 Å². The average Bonchev–Trinajstić information content (AvgIpc) is 2.14. The molecule has 0 heterocycles. The number of rotatable bonds is 5. The van der Waals surface area contributed by atoms with Gasteiger partial charge in [0, 0.05) is 6.54 Å². The minimum Gasteiger partial charge on any atom is -0.392 e. The average molecular weight is 181 g/mol. The van der Waals surface area contributed by atoms with Gasteiger partial charge in [0.2, 0.25) is 0 Å². The molecule has 1 aromatic rings. The van der Waals surface area contributed by atoms with Crippen molar-refractivity contribution in [3.63, 3.8) is 0 Å². The summed E-state index contributed by atoms with van der Waals surface area (Å²) in [4.78, 5) is 5.12. The zero-order valence-corrected chi connectivity index (χ0v) is 7.73. The highest BCUT2D eigenvalue weighted by Crippen LogP contribution is 1.98. The molecule has 0 saturated heterocycles. The summed E-state index contributed by atoms with van der Waals surface area (Å²) < 4.78 is 0. The Balaban J connectivity index is 2.13. The third-order valence-corrected chi connectivity index (χ3v) is 1.56. The summed E-state index contributed by atoms with van der Waals surface area (Å²) in [5, 5.41) is 8.91. The van der Waals surface area contributed by atoms with Gasteiger partial charge in [-0.25, -0.2) is 0 Å². The van der Waals surface area contributed by atoms with Crippen LogP contribution in [0.3, 0.4) is 0 Å². The van der Waals surface area contributed by atoms with Gasteiger partial charge in [-0.3, -0.25) is 4.84 Å². The zero-order valence-electron chi connectivity index (χ0n) is 7.73. The number of hydrogen-bond acceptors (Lipinski definition) is 3. The standard InChI is InChI=1S/C10H15NO2/c1-9(12)7-11-13-8-10-5-3-2-4-6-10/h2-6,9,11-12H,7-8H2,1H3/t9-/m1/s1. The first-order valence-corrected chi connectivity index (χ1v) is 4.35. The second kappa shape index (κ2) is 5.70. The van der Waals surface area contributed by atoms with Crippen LogP contribution >= 0.6 is 0 Å². The molecule has 1 atom stereocenters. The molecule has 0 amide bonds. The number of aliphatic hydroxyl groups is 1. The van der Waals surface area contributed by atoms with Crippen LogP contribution in [0.5, 0.6) is 0 Å². The first kappa shape index (κ1) is 10.2. The van der Waals surface area contributed by atoms with Gasteiger partial charge in [-0.1, -0.05) is 30.3 Å². The highest BCUT2D eigenvalue weighted by Gasteiger charge is 1.94. The fraction of sp³-hybridized carbons (Fsp3) is 0.400. The van der Waals surface area contributed by atoms with Gasteiger partial charge in [0.1, 0.15) is 0 Å². The van der Waals surface area contributed by atoms with Crippen LogP contribution in [0, 0.1) is 0 Å². The molecule has 0 aliphatic rings. The Labute approximate surface area is 78.3 Å². The third kappa shape index (κ3) is 4.62. The Morgan fingerprint density at radius 3 is 2.69 bits per heavy atom. The molecular weight excluding hydrogens is 166 g/mol. The molecule has 0 aliphatic carbocycles. The summed E-state index contributed by atoms with van der Waals surface area (Å²) in [7, 11) is 0. The first-order chi connectivity index (χ1) is 6.29. The van der Waals surface area contributed by atoms with Crippen LogP contribution in [-0.2, 0) is 11.4 Å². The monoisotopic (exact) mass is 181 g/mol. The fourth-order valence-corrected chi connectivity index (χ4v) is 0.888. The Morgan fingerprint density at radius 2 is 2.08 bits per heavy atom. The van der Waals surface area contributed by atoms with E-state index in [1.54, 1.807) is 6.92 Å². The van der Waals surface area contributed by atoms with Crippen molar-refractivity contribution in [2.75, 3.05) is 6.54 Å². The smallest absolute Gasteiger partial charge is 0.0933 e. The summed E-state index contributed by atoms with van der Waals surface area (Å²) in [6, 6.07) is 9.88. The number of hydrogen-bond donors (Lipinski definition) is 2. The third-order valence-electron chi connectivity index (χ3n) is 1.56. The van der Waals surface area contributed by atoms with Crippen LogP contribution in [-0.4, -0.2) is 17.8 Å². The van der Waals surface area contributed by atoms with E-state index in [2.05, 4.69) is 5.48 Å². The van der Waals surface area contributed by atoms with Crippen molar-refractivity contribution in [1.82, 2.24) is 5.48 Å². The van der Waals surface area contributed by atoms with E-state index in [9.17, 15) is 0 Å². The second-order valence-electron chi connectivity index (χ2n) is 2.97. The van der Waals surface area contributed by atoms with Crippen LogP contribution in [0.15, 0.2) is 30.3 Å². The Bertz CT molecular complexity index is 224. The molecule has 0 aromatic heterocycles. The lowest BCUT2D eigenvalue weighted by atomic mass is 10.2. The van der Waals surface area contributed by atoms with Gasteiger partial charge >= 0.3 is 0 Å². The largest absolute Gasteiger partial charge is 0.392 e. The van der Waals surface area contributed by atoms with Crippen molar-refractivity contribution in [3.05, 3.63) is 35.9 Å². The molecule has 13 heavy (non-hydrogen) atoms. The predicted molar refractivity (Wildman–Crippen MR) is 50.9 cm³/mol. The number of hydroxylamine groups is 1. The van der Waals surface area contributed by atoms with Crippen LogP contribution in [0.1, 0.15) is 12.5 Å². The lowest BCUT2D eigenvalue weighted by Crippen LogP contribution is -2.24. The molecule has 1 aromatic carbocycles. The second-order valence-corrected chi connectivity index (χ2v) is 2.97. The molecule has 72 valence electrons. The Kier molecular flexibility index (Phi) is 4.46. The van der Waals surface area contributed by atoms with Crippen LogP contribution in [0.2, 0.25) is 0 Å². The van der Waals surface area contributed by atoms with E-state index in [0.717, 1.165) is 5.56 Å². The van der Waals surface area contributed by atoms with Gasteiger partial charge < -0.3 is 5.11 Å². The normalized spacial score (nSPS) is 12.8. The minimum atomic E-state index is -0.379. The van der Waals surface area contributed by atoms with E-state index in [4.69, 9.17) is 9.94 Å². The van der Waals surface area contributed by atoms with E-state index in [0.29, 0.717) is 13.2 Å². The maximum atomic E-state index is 8.91. The summed E-state index contributed by atoms with van der Waals surface area (Å²) in [5.41, 5.74) is 3.79. The molecule has 0 radical (unpaired) electrons. The predicted octanol–water partition coefficient (Wildman–Crippen LogP) is 1.09.